The number of hydrogen-bond acceptors (Lipinski definition) is 6. The van der Waals surface area contributed by atoms with Crippen LogP contribution >= 0.6 is 0 Å². The van der Waals surface area contributed by atoms with Gasteiger partial charge in [0.05, 0.1) is 18.1 Å². The van der Waals surface area contributed by atoms with E-state index in [1.54, 1.807) is 46.2 Å². The molecule has 3 atom stereocenters. The third-order valence-electron chi connectivity index (χ3n) is 9.44. The molecule has 2 heterocycles. The van der Waals surface area contributed by atoms with E-state index < -0.39 is 32.2 Å². The lowest BCUT2D eigenvalue weighted by Crippen LogP contribution is -2.55. The van der Waals surface area contributed by atoms with Crippen molar-refractivity contribution in [1.29, 1.82) is 0 Å². The normalized spacial score (nSPS) is 19.5. The summed E-state index contributed by atoms with van der Waals surface area (Å²) in [6.07, 6.45) is 0.0579. The number of aromatic hydroxyl groups is 1. The van der Waals surface area contributed by atoms with Gasteiger partial charge in [0, 0.05) is 43.5 Å². The number of rotatable bonds is 9. The fraction of sp³-hybridized carbons (Fsp3) is 0.429. The molecule has 8 nitrogen and oxygen atoms in total. The fourth-order valence-electron chi connectivity index (χ4n) is 5.76. The highest BCUT2D eigenvalue weighted by atomic mass is 28.4. The summed E-state index contributed by atoms with van der Waals surface area (Å²) in [6, 6.07) is 16.1. The summed E-state index contributed by atoms with van der Waals surface area (Å²) in [5.41, 5.74) is 1.83. The molecule has 5 rings (SSSR count). The predicted molar refractivity (Wildman–Crippen MR) is 175 cm³/mol. The number of benzene rings is 3. The summed E-state index contributed by atoms with van der Waals surface area (Å²) in [7, 11) is -2.25. The standard InChI is InChI=1S/C35H43F2N3O5Si/c1-35(2,3)46(4,5)45-31(23-6-8-24(36)9-7-23)17-16-29-32(40(33(29)42)26-12-10-25(37)11-13-26)28-15-14-27(22-30(28)41)44-34(43)39-20-18-38-19-21-39/h6-15,22,29,31-32,38,41H,16-21H2,1-5H3/t29-,31+,32-/m1/s1. The zero-order valence-electron chi connectivity index (χ0n) is 27.1. The van der Waals surface area contributed by atoms with E-state index >= 15 is 0 Å². The van der Waals surface area contributed by atoms with Gasteiger partial charge in [-0.05, 0) is 85.1 Å². The minimum atomic E-state index is -2.25. The number of halogens is 2. The van der Waals surface area contributed by atoms with E-state index in [4.69, 9.17) is 9.16 Å². The number of piperazine rings is 1. The highest BCUT2D eigenvalue weighted by molar-refractivity contribution is 6.74. The van der Waals surface area contributed by atoms with Crippen LogP contribution < -0.4 is 15.0 Å². The number of β-lactam (4-membered cyclic amide) rings is 1. The van der Waals surface area contributed by atoms with Crippen LogP contribution in [0.5, 0.6) is 11.5 Å². The Morgan fingerprint density at radius 3 is 2.20 bits per heavy atom. The number of ether oxygens (including phenoxy) is 1. The number of hydrogen-bond donors (Lipinski definition) is 2. The van der Waals surface area contributed by atoms with Crippen LogP contribution in [-0.4, -0.2) is 56.5 Å². The Balaban J connectivity index is 1.41. The van der Waals surface area contributed by atoms with Gasteiger partial charge in [-0.25, -0.2) is 13.6 Å². The Hall–Kier alpha value is -3.80. The summed E-state index contributed by atoms with van der Waals surface area (Å²) < 4.78 is 40.0. The van der Waals surface area contributed by atoms with E-state index in [0.717, 1.165) is 5.56 Å². The molecule has 2 saturated heterocycles. The van der Waals surface area contributed by atoms with Crippen LogP contribution in [0.15, 0.2) is 66.7 Å². The Bertz CT molecular complexity index is 1540. The fourth-order valence-corrected chi connectivity index (χ4v) is 7.08. The Kier molecular flexibility index (Phi) is 9.85. The molecule has 2 amide bonds. The molecule has 0 aromatic heterocycles. The van der Waals surface area contributed by atoms with Crippen LogP contribution in [0.2, 0.25) is 18.1 Å². The number of nitrogens with one attached hydrogen (secondary N) is 1. The van der Waals surface area contributed by atoms with E-state index in [0.29, 0.717) is 50.3 Å². The second-order valence-corrected chi connectivity index (χ2v) is 18.3. The lowest BCUT2D eigenvalue weighted by molar-refractivity contribution is -0.131. The van der Waals surface area contributed by atoms with E-state index in [1.165, 1.54) is 30.3 Å². The van der Waals surface area contributed by atoms with E-state index in [9.17, 15) is 23.5 Å². The summed E-state index contributed by atoms with van der Waals surface area (Å²) in [5, 5.41) is 14.3. The average molecular weight is 652 g/mol. The van der Waals surface area contributed by atoms with Gasteiger partial charge in [0.1, 0.15) is 23.1 Å². The van der Waals surface area contributed by atoms with E-state index in [1.807, 2.05) is 0 Å². The van der Waals surface area contributed by atoms with Crippen molar-refractivity contribution in [1.82, 2.24) is 10.2 Å². The van der Waals surface area contributed by atoms with Crippen molar-refractivity contribution in [2.75, 3.05) is 31.1 Å². The second-order valence-electron chi connectivity index (χ2n) is 13.6. The molecule has 2 aliphatic heterocycles. The number of carbonyl (C=O) groups is 2. The van der Waals surface area contributed by atoms with Crippen LogP contribution in [0.3, 0.4) is 0 Å². The van der Waals surface area contributed by atoms with Gasteiger partial charge in [0.25, 0.3) is 0 Å². The van der Waals surface area contributed by atoms with Crippen LogP contribution in [0, 0.1) is 17.6 Å². The van der Waals surface area contributed by atoms with Crippen LogP contribution in [0.4, 0.5) is 19.3 Å². The zero-order chi connectivity index (χ0) is 33.2. The average Bonchev–Trinajstić information content (AvgIpc) is 3.01. The van der Waals surface area contributed by atoms with Crippen LogP contribution in [-0.2, 0) is 9.22 Å². The molecule has 0 saturated carbocycles. The molecular formula is C35H43F2N3O5Si. The van der Waals surface area contributed by atoms with Gasteiger partial charge in [-0.3, -0.25) is 4.79 Å². The number of anilines is 1. The minimum Gasteiger partial charge on any atom is -0.507 e. The number of amides is 2. The van der Waals surface area contributed by atoms with Crippen molar-refractivity contribution >= 4 is 26.0 Å². The highest BCUT2D eigenvalue weighted by Gasteiger charge is 2.50. The Morgan fingerprint density at radius 2 is 1.61 bits per heavy atom. The van der Waals surface area contributed by atoms with Gasteiger partial charge >= 0.3 is 6.09 Å². The van der Waals surface area contributed by atoms with E-state index in [2.05, 4.69) is 39.2 Å². The number of carbonyl (C=O) groups excluding carboxylic acids is 2. The highest BCUT2D eigenvalue weighted by Crippen LogP contribution is 2.50. The van der Waals surface area contributed by atoms with Crippen molar-refractivity contribution in [3.8, 4) is 11.5 Å². The minimum absolute atomic E-state index is 0.0681. The van der Waals surface area contributed by atoms with Gasteiger partial charge in [0.15, 0.2) is 8.32 Å². The molecule has 3 aromatic rings. The molecule has 2 aliphatic rings. The number of phenols is 1. The number of phenolic OH excluding ortho intramolecular Hbond substituents is 1. The first-order valence-electron chi connectivity index (χ1n) is 15.8. The van der Waals surface area contributed by atoms with Crippen LogP contribution in [0.1, 0.15) is 56.9 Å². The summed E-state index contributed by atoms with van der Waals surface area (Å²) in [4.78, 5) is 29.6. The number of nitrogens with zero attached hydrogens (tertiary/aromatic N) is 2. The molecular weight excluding hydrogens is 608 g/mol. The van der Waals surface area contributed by atoms with Gasteiger partial charge < -0.3 is 29.4 Å². The zero-order valence-corrected chi connectivity index (χ0v) is 28.1. The topological polar surface area (TPSA) is 91.3 Å². The molecule has 0 spiro atoms. The van der Waals surface area contributed by atoms with Crippen molar-refractivity contribution in [2.24, 2.45) is 5.92 Å². The second kappa shape index (κ2) is 13.5. The summed E-state index contributed by atoms with van der Waals surface area (Å²) in [5.74, 6) is -1.36. The molecule has 0 aliphatic carbocycles. The molecule has 2 fully saturated rings. The van der Waals surface area contributed by atoms with Gasteiger partial charge in [-0.1, -0.05) is 32.9 Å². The van der Waals surface area contributed by atoms with Crippen molar-refractivity contribution < 1.29 is 32.6 Å². The maximum absolute atomic E-state index is 13.8. The van der Waals surface area contributed by atoms with Gasteiger partial charge in [-0.2, -0.15) is 0 Å². The largest absolute Gasteiger partial charge is 0.507 e. The lowest BCUT2D eigenvalue weighted by Gasteiger charge is -2.48. The smallest absolute Gasteiger partial charge is 0.415 e. The third kappa shape index (κ3) is 7.27. The molecule has 11 heteroatoms. The Morgan fingerprint density at radius 1 is 1.00 bits per heavy atom. The predicted octanol–water partition coefficient (Wildman–Crippen LogP) is 7.32. The maximum Gasteiger partial charge on any atom is 0.415 e. The first-order valence-corrected chi connectivity index (χ1v) is 18.7. The first kappa shape index (κ1) is 33.6. The van der Waals surface area contributed by atoms with Crippen molar-refractivity contribution in [2.45, 2.75) is 63.9 Å². The summed E-state index contributed by atoms with van der Waals surface area (Å²) in [6.45, 7) is 13.2. The van der Waals surface area contributed by atoms with Crippen molar-refractivity contribution in [3.63, 3.8) is 0 Å². The quantitative estimate of drug-likeness (QED) is 0.186. The lowest BCUT2D eigenvalue weighted by atomic mass is 9.78. The first-order chi connectivity index (χ1) is 21.7. The maximum atomic E-state index is 13.8. The SMILES string of the molecule is CC(C)(C)[Si](C)(C)O[C@@H](CC[C@H]1C(=O)N(c2ccc(F)cc2)[C@@H]1c1ccc(OC(=O)N2CCNCC2)cc1O)c1ccc(F)cc1. The van der Waals surface area contributed by atoms with Crippen molar-refractivity contribution in [3.05, 3.63) is 89.5 Å². The monoisotopic (exact) mass is 651 g/mol. The molecule has 246 valence electrons. The Labute approximate surface area is 270 Å². The van der Waals surface area contributed by atoms with E-state index in [-0.39, 0.29) is 34.4 Å². The molecule has 0 radical (unpaired) electrons. The van der Waals surface area contributed by atoms with Crippen LogP contribution in [0.25, 0.3) is 0 Å². The summed E-state index contributed by atoms with van der Waals surface area (Å²) >= 11 is 0. The molecule has 0 unspecified atom stereocenters. The molecule has 3 aromatic carbocycles. The molecule has 46 heavy (non-hydrogen) atoms. The molecule has 2 N–H and O–H groups in total. The third-order valence-corrected chi connectivity index (χ3v) is 13.9. The molecule has 0 bridgehead atoms. The van der Waals surface area contributed by atoms with Gasteiger partial charge in [-0.15, -0.1) is 0 Å². The van der Waals surface area contributed by atoms with Gasteiger partial charge in [0.2, 0.25) is 5.91 Å².